The molecule has 0 atom stereocenters. The molecule has 1 fully saturated rings. The number of methoxy groups -OCH3 is 1. The molecule has 11 heteroatoms. The van der Waals surface area contributed by atoms with Crippen LogP contribution in [0.4, 0.5) is 29.3 Å². The number of carbonyl (C=O) groups excluding carboxylic acids is 2. The third-order valence-electron chi connectivity index (χ3n) is 5.19. The molecule has 1 aliphatic heterocycles. The van der Waals surface area contributed by atoms with Gasteiger partial charge in [0.2, 0.25) is 0 Å². The molecule has 1 saturated heterocycles. The van der Waals surface area contributed by atoms with Crippen molar-refractivity contribution < 1.29 is 32.2 Å². The van der Waals surface area contributed by atoms with Crippen LogP contribution in [-0.4, -0.2) is 49.2 Å². The second kappa shape index (κ2) is 9.38. The lowest BCUT2D eigenvalue weighted by molar-refractivity contribution is -0.274. The molecule has 1 aliphatic rings. The summed E-state index contributed by atoms with van der Waals surface area (Å²) in [4.78, 5) is 26.6. The molecule has 34 heavy (non-hydrogen) atoms. The summed E-state index contributed by atoms with van der Waals surface area (Å²) in [5.74, 6) is -0.826. The number of alkyl halides is 3. The van der Waals surface area contributed by atoms with Crippen LogP contribution in [0, 0.1) is 0 Å². The van der Waals surface area contributed by atoms with Crippen LogP contribution < -0.4 is 20.3 Å². The highest BCUT2D eigenvalue weighted by Gasteiger charge is 2.32. The van der Waals surface area contributed by atoms with Crippen LogP contribution in [0.1, 0.15) is 10.4 Å². The van der Waals surface area contributed by atoms with Gasteiger partial charge in [0.1, 0.15) is 5.75 Å². The van der Waals surface area contributed by atoms with E-state index in [2.05, 4.69) is 15.4 Å². The first kappa shape index (κ1) is 23.0. The van der Waals surface area contributed by atoms with Gasteiger partial charge in [-0.2, -0.15) is 0 Å². The second-order valence-corrected chi connectivity index (χ2v) is 7.53. The van der Waals surface area contributed by atoms with Gasteiger partial charge in [0, 0.05) is 31.2 Å². The number of nitrogens with one attached hydrogen (secondary N) is 2. The Balaban J connectivity index is 1.37. The van der Waals surface area contributed by atoms with Crippen molar-refractivity contribution in [2.45, 2.75) is 12.4 Å². The molecule has 0 saturated carbocycles. The van der Waals surface area contributed by atoms with E-state index in [4.69, 9.17) is 4.74 Å². The molecule has 0 radical (unpaired) electrons. The summed E-state index contributed by atoms with van der Waals surface area (Å²) >= 11 is 0. The van der Waals surface area contributed by atoms with Gasteiger partial charge in [-0.3, -0.25) is 0 Å². The Morgan fingerprint density at radius 2 is 1.68 bits per heavy atom. The molecule has 2 heterocycles. The maximum Gasteiger partial charge on any atom is 0.573 e. The largest absolute Gasteiger partial charge is 0.573 e. The second-order valence-electron chi connectivity index (χ2n) is 7.53. The quantitative estimate of drug-likeness (QED) is 0.524. The molecule has 8 nitrogen and oxygen atoms in total. The van der Waals surface area contributed by atoms with E-state index in [0.29, 0.717) is 30.0 Å². The minimum absolute atomic E-state index is 0.160. The normalized spacial score (nSPS) is 13.7. The van der Waals surface area contributed by atoms with Gasteiger partial charge in [0.15, 0.2) is 0 Å². The van der Waals surface area contributed by atoms with Crippen LogP contribution in [0.15, 0.2) is 67.0 Å². The Bertz CT molecular complexity index is 1160. The zero-order valence-corrected chi connectivity index (χ0v) is 18.0. The van der Waals surface area contributed by atoms with Gasteiger partial charge in [0.05, 0.1) is 30.1 Å². The molecule has 0 spiro atoms. The van der Waals surface area contributed by atoms with Crippen molar-refractivity contribution in [1.82, 2.24) is 9.88 Å². The fourth-order valence-electron chi connectivity index (χ4n) is 3.68. The lowest BCUT2D eigenvalue weighted by atomic mass is 10.0. The van der Waals surface area contributed by atoms with Gasteiger partial charge >= 0.3 is 18.4 Å². The van der Waals surface area contributed by atoms with Gasteiger partial charge < -0.3 is 29.6 Å². The topological polar surface area (TPSA) is 84.8 Å². The van der Waals surface area contributed by atoms with Crippen LogP contribution in [0.3, 0.4) is 0 Å². The zero-order chi connectivity index (χ0) is 24.3. The summed E-state index contributed by atoms with van der Waals surface area (Å²) in [5.41, 5.74) is 2.24. The third-order valence-corrected chi connectivity index (χ3v) is 5.19. The average Bonchev–Trinajstić information content (AvgIpc) is 3.30. The number of benzene rings is 2. The fourth-order valence-corrected chi connectivity index (χ4v) is 3.68. The van der Waals surface area contributed by atoms with E-state index >= 15 is 0 Å². The number of nitrogens with zero attached hydrogens (tertiary/aromatic N) is 2. The number of carbonyl (C=O) groups is 2. The number of rotatable bonds is 6. The van der Waals surface area contributed by atoms with Gasteiger partial charge in [-0.15, -0.1) is 13.2 Å². The van der Waals surface area contributed by atoms with E-state index in [-0.39, 0.29) is 11.8 Å². The predicted octanol–water partition coefficient (Wildman–Crippen LogP) is 4.17. The molecular formula is C23H21F3N4O4. The number of para-hydroxylation sites is 1. The van der Waals surface area contributed by atoms with Crippen LogP contribution >= 0.6 is 0 Å². The van der Waals surface area contributed by atoms with E-state index in [1.165, 1.54) is 19.2 Å². The van der Waals surface area contributed by atoms with Crippen molar-refractivity contribution in [2.75, 3.05) is 30.4 Å². The summed E-state index contributed by atoms with van der Waals surface area (Å²) in [6, 6.07) is 13.3. The highest BCUT2D eigenvalue weighted by molar-refractivity contribution is 5.96. The number of ether oxygens (including phenoxy) is 2. The van der Waals surface area contributed by atoms with E-state index in [9.17, 15) is 22.8 Å². The highest BCUT2D eigenvalue weighted by atomic mass is 19.4. The lowest BCUT2D eigenvalue weighted by Crippen LogP contribution is -2.60. The van der Waals surface area contributed by atoms with Crippen molar-refractivity contribution in [1.29, 1.82) is 0 Å². The van der Waals surface area contributed by atoms with Crippen molar-refractivity contribution in [3.05, 3.63) is 72.6 Å². The van der Waals surface area contributed by atoms with Crippen LogP contribution in [0.25, 0.3) is 5.69 Å². The number of esters is 1. The molecule has 4 rings (SSSR count). The summed E-state index contributed by atoms with van der Waals surface area (Å²) in [7, 11) is 1.33. The molecule has 178 valence electrons. The smallest absolute Gasteiger partial charge is 0.465 e. The van der Waals surface area contributed by atoms with E-state index in [1.54, 1.807) is 12.1 Å². The third kappa shape index (κ3) is 5.25. The van der Waals surface area contributed by atoms with Crippen molar-refractivity contribution >= 4 is 23.4 Å². The lowest BCUT2D eigenvalue weighted by Gasteiger charge is -2.42. The maximum absolute atomic E-state index is 12.3. The minimum Gasteiger partial charge on any atom is -0.465 e. The Morgan fingerprint density at radius 3 is 2.29 bits per heavy atom. The molecule has 0 bridgehead atoms. The monoisotopic (exact) mass is 474 g/mol. The van der Waals surface area contributed by atoms with Crippen molar-refractivity contribution in [3.63, 3.8) is 0 Å². The molecular weight excluding hydrogens is 453 g/mol. The Hall–Kier alpha value is -4.15. The minimum atomic E-state index is -4.78. The SMILES string of the molecule is COC(=O)c1cccc(N2CC(NC(=O)Nc3ccc(OC(F)(F)F)cc3)C2)c1-n1cccc1. The number of halogens is 3. The van der Waals surface area contributed by atoms with Crippen molar-refractivity contribution in [2.24, 2.45) is 0 Å². The number of hydrogen-bond donors (Lipinski definition) is 2. The van der Waals surface area contributed by atoms with Crippen LogP contribution in [-0.2, 0) is 4.74 Å². The average molecular weight is 474 g/mol. The predicted molar refractivity (Wildman–Crippen MR) is 118 cm³/mol. The molecule has 3 aromatic rings. The number of amides is 2. The molecule has 2 N–H and O–H groups in total. The molecule has 2 aromatic carbocycles. The molecule has 2 amide bonds. The van der Waals surface area contributed by atoms with Gasteiger partial charge in [-0.05, 0) is 48.5 Å². The van der Waals surface area contributed by atoms with Crippen LogP contribution in [0.5, 0.6) is 5.75 Å². The Kier molecular flexibility index (Phi) is 6.35. The molecule has 0 unspecified atom stereocenters. The number of hydrogen-bond acceptors (Lipinski definition) is 5. The summed E-state index contributed by atoms with van der Waals surface area (Å²) in [6.45, 7) is 1.01. The zero-order valence-electron chi connectivity index (χ0n) is 18.0. The van der Waals surface area contributed by atoms with Crippen LogP contribution in [0.2, 0.25) is 0 Å². The van der Waals surface area contributed by atoms with Gasteiger partial charge in [-0.1, -0.05) is 6.07 Å². The standard InChI is InChI=1S/C23H21F3N4O4/c1-33-21(31)18-5-4-6-19(20(18)29-11-2-3-12-29)30-13-16(14-30)28-22(32)27-15-7-9-17(10-8-15)34-23(24,25)26/h2-12,16H,13-14H2,1H3,(H2,27,28,32). The summed E-state index contributed by atoms with van der Waals surface area (Å²) in [5, 5.41) is 5.40. The van der Waals surface area contributed by atoms with E-state index in [0.717, 1.165) is 17.8 Å². The number of anilines is 2. The van der Waals surface area contributed by atoms with Gasteiger partial charge in [0.25, 0.3) is 0 Å². The number of aromatic nitrogens is 1. The maximum atomic E-state index is 12.3. The van der Waals surface area contributed by atoms with E-state index < -0.39 is 18.4 Å². The molecule has 1 aromatic heterocycles. The van der Waals surface area contributed by atoms with E-state index in [1.807, 2.05) is 40.1 Å². The Morgan fingerprint density at radius 1 is 1.00 bits per heavy atom. The van der Waals surface area contributed by atoms with Gasteiger partial charge in [-0.25, -0.2) is 9.59 Å². The number of urea groups is 1. The van der Waals surface area contributed by atoms with Crippen molar-refractivity contribution in [3.8, 4) is 11.4 Å². The first-order valence-corrected chi connectivity index (χ1v) is 10.3. The summed E-state index contributed by atoms with van der Waals surface area (Å²) in [6.07, 6.45) is -1.11. The highest BCUT2D eigenvalue weighted by Crippen LogP contribution is 2.32. The first-order chi connectivity index (χ1) is 16.2. The fraction of sp³-hybridized carbons (Fsp3) is 0.217. The molecule has 0 aliphatic carbocycles. The summed E-state index contributed by atoms with van der Waals surface area (Å²) < 4.78 is 47.3. The first-order valence-electron chi connectivity index (χ1n) is 10.3. The Labute approximate surface area is 192 Å².